The van der Waals surface area contributed by atoms with Gasteiger partial charge in [0.25, 0.3) is 0 Å². The summed E-state index contributed by atoms with van der Waals surface area (Å²) in [5.41, 5.74) is 0. The molecule has 0 unspecified atom stereocenters. The third-order valence-electron chi connectivity index (χ3n) is 3.97. The number of hydrogen-bond acceptors (Lipinski definition) is 12. The van der Waals surface area contributed by atoms with Gasteiger partial charge in [-0.1, -0.05) is 0 Å². The van der Waals surface area contributed by atoms with Crippen molar-refractivity contribution in [2.45, 2.75) is 13.3 Å². The first-order valence-corrected chi connectivity index (χ1v) is 12.2. The van der Waals surface area contributed by atoms with Crippen LogP contribution in [0.15, 0.2) is 0 Å². The van der Waals surface area contributed by atoms with Crippen molar-refractivity contribution in [2.24, 2.45) is 0 Å². The van der Waals surface area contributed by atoms with Crippen LogP contribution in [0.4, 0.5) is 0 Å². The van der Waals surface area contributed by atoms with Gasteiger partial charge in [0.15, 0.2) is 0 Å². The minimum absolute atomic E-state index is 0.00320. The normalized spacial score (nSPS) is 11.1. The summed E-state index contributed by atoms with van der Waals surface area (Å²) in [7, 11) is 0. The fourth-order valence-corrected chi connectivity index (χ4v) is 2.27. The lowest BCUT2D eigenvalue weighted by Gasteiger charge is -2.09. The van der Waals surface area contributed by atoms with Crippen LogP contribution in [-0.2, 0) is 57.0 Å². The smallest absolute Gasteiger partial charge is 0.305 e. The molecule has 1 N–H and O–H groups in total. The van der Waals surface area contributed by atoms with Crippen molar-refractivity contribution in [3.05, 3.63) is 0 Å². The van der Waals surface area contributed by atoms with E-state index < -0.39 is 5.97 Å². The Kier molecular flexibility index (Phi) is 28.6. The Morgan fingerprint density at radius 2 is 0.639 bits per heavy atom. The minimum Gasteiger partial charge on any atom is -0.481 e. The van der Waals surface area contributed by atoms with E-state index in [-0.39, 0.29) is 25.6 Å². The van der Waals surface area contributed by atoms with Crippen molar-refractivity contribution in [3.63, 3.8) is 0 Å². The molecule has 0 saturated carbocycles. The summed E-state index contributed by atoms with van der Waals surface area (Å²) >= 11 is 0. The summed E-state index contributed by atoms with van der Waals surface area (Å²) < 4.78 is 52.7. The number of esters is 1. The summed E-state index contributed by atoms with van der Waals surface area (Å²) in [6.45, 7) is 9.53. The Morgan fingerprint density at radius 1 is 0.417 bits per heavy atom. The topological polar surface area (TPSA) is 147 Å². The van der Waals surface area contributed by atoms with Crippen LogP contribution in [0.5, 0.6) is 0 Å². The number of carbonyl (C=O) groups is 2. The van der Waals surface area contributed by atoms with Crippen LogP contribution in [0.25, 0.3) is 0 Å². The first-order valence-electron chi connectivity index (χ1n) is 12.2. The molecule has 0 heterocycles. The first kappa shape index (κ1) is 34.6. The van der Waals surface area contributed by atoms with Crippen molar-refractivity contribution in [2.75, 3.05) is 126 Å². The Hall–Kier alpha value is -1.42. The zero-order valence-electron chi connectivity index (χ0n) is 21.5. The summed E-state index contributed by atoms with van der Waals surface area (Å²) in [6.07, 6.45) is -0.00320. The maximum absolute atomic E-state index is 10.6. The van der Waals surface area contributed by atoms with E-state index in [1.54, 1.807) is 0 Å². The Bertz CT molecular complexity index is 437. The minimum atomic E-state index is -0.876. The molecule has 0 aromatic carbocycles. The second kappa shape index (κ2) is 29.8. The van der Waals surface area contributed by atoms with E-state index in [2.05, 4.69) is 0 Å². The van der Waals surface area contributed by atoms with Crippen molar-refractivity contribution >= 4 is 11.9 Å². The molecular formula is C23H44O13. The van der Waals surface area contributed by atoms with Crippen LogP contribution in [0.3, 0.4) is 0 Å². The molecule has 0 aromatic heterocycles. The average Bonchev–Trinajstić information content (AvgIpc) is 2.85. The predicted molar refractivity (Wildman–Crippen MR) is 126 cm³/mol. The highest BCUT2D eigenvalue weighted by Crippen LogP contribution is 1.87. The molecule has 0 aliphatic carbocycles. The maximum atomic E-state index is 10.6. The van der Waals surface area contributed by atoms with E-state index >= 15 is 0 Å². The van der Waals surface area contributed by atoms with Gasteiger partial charge in [-0.05, 0) is 0 Å². The van der Waals surface area contributed by atoms with Crippen LogP contribution in [0.2, 0.25) is 0 Å². The Labute approximate surface area is 213 Å². The van der Waals surface area contributed by atoms with Crippen LogP contribution in [0.1, 0.15) is 13.3 Å². The SMILES string of the molecule is CC(=O)OCCOCCOCCOCCOCCOCCOCCOCCOCCOCCC(=O)O. The largest absolute Gasteiger partial charge is 0.481 e. The van der Waals surface area contributed by atoms with E-state index in [0.29, 0.717) is 112 Å². The summed E-state index contributed by atoms with van der Waals surface area (Å²) in [6, 6.07) is 0. The van der Waals surface area contributed by atoms with Gasteiger partial charge >= 0.3 is 11.9 Å². The fraction of sp³-hybridized carbons (Fsp3) is 0.913. The standard InChI is InChI=1S/C23H44O13/c1-22(24)36-21-20-35-19-18-34-17-16-33-15-14-32-13-12-31-11-10-30-9-8-29-7-6-28-5-4-27-3-2-23(25)26/h2-21H2,1H3,(H,25,26). The molecule has 0 aromatic rings. The number of aliphatic carboxylic acids is 1. The van der Waals surface area contributed by atoms with Crippen molar-refractivity contribution in [1.82, 2.24) is 0 Å². The van der Waals surface area contributed by atoms with Crippen LogP contribution >= 0.6 is 0 Å². The van der Waals surface area contributed by atoms with E-state index in [9.17, 15) is 9.59 Å². The van der Waals surface area contributed by atoms with Crippen LogP contribution < -0.4 is 0 Å². The summed E-state index contributed by atoms with van der Waals surface area (Å²) in [5, 5.41) is 8.46. The van der Waals surface area contributed by atoms with E-state index in [0.717, 1.165) is 0 Å². The number of carboxylic acids is 1. The summed E-state index contributed by atoms with van der Waals surface area (Å²) in [4.78, 5) is 20.8. The molecule has 36 heavy (non-hydrogen) atoms. The van der Waals surface area contributed by atoms with Gasteiger partial charge in [0, 0.05) is 6.92 Å². The molecule has 13 heteroatoms. The van der Waals surface area contributed by atoms with Gasteiger partial charge in [-0.2, -0.15) is 0 Å². The molecule has 0 radical (unpaired) electrons. The van der Waals surface area contributed by atoms with Crippen molar-refractivity contribution < 1.29 is 62.1 Å². The second-order valence-corrected chi connectivity index (χ2v) is 7.00. The van der Waals surface area contributed by atoms with Crippen molar-refractivity contribution in [3.8, 4) is 0 Å². The second-order valence-electron chi connectivity index (χ2n) is 7.00. The molecule has 13 nitrogen and oxygen atoms in total. The van der Waals surface area contributed by atoms with Gasteiger partial charge in [0.05, 0.1) is 125 Å². The number of ether oxygens (including phenoxy) is 10. The third kappa shape index (κ3) is 32.6. The van der Waals surface area contributed by atoms with Gasteiger partial charge in [0.2, 0.25) is 0 Å². The van der Waals surface area contributed by atoms with Crippen LogP contribution in [0, 0.1) is 0 Å². The zero-order chi connectivity index (χ0) is 26.4. The van der Waals surface area contributed by atoms with E-state index in [4.69, 9.17) is 52.5 Å². The van der Waals surface area contributed by atoms with E-state index in [1.807, 2.05) is 0 Å². The number of carboxylic acid groups (broad SMARTS) is 1. The molecule has 0 saturated heterocycles. The molecular weight excluding hydrogens is 484 g/mol. The van der Waals surface area contributed by atoms with Gasteiger partial charge in [-0.15, -0.1) is 0 Å². The van der Waals surface area contributed by atoms with Gasteiger partial charge in [0.1, 0.15) is 6.61 Å². The summed E-state index contributed by atoms with van der Waals surface area (Å²) in [5.74, 6) is -1.19. The first-order chi connectivity index (χ1) is 17.6. The van der Waals surface area contributed by atoms with Crippen molar-refractivity contribution in [1.29, 1.82) is 0 Å². The van der Waals surface area contributed by atoms with Crippen LogP contribution in [-0.4, -0.2) is 143 Å². The maximum Gasteiger partial charge on any atom is 0.305 e. The molecule has 0 fully saturated rings. The lowest BCUT2D eigenvalue weighted by molar-refractivity contribution is -0.142. The molecule has 0 bridgehead atoms. The third-order valence-corrected chi connectivity index (χ3v) is 3.97. The lowest BCUT2D eigenvalue weighted by Crippen LogP contribution is -2.15. The zero-order valence-corrected chi connectivity index (χ0v) is 21.5. The van der Waals surface area contributed by atoms with Gasteiger partial charge < -0.3 is 52.5 Å². The number of hydrogen-bond donors (Lipinski definition) is 1. The highest BCUT2D eigenvalue weighted by atomic mass is 16.6. The molecule has 0 aliphatic rings. The molecule has 0 rings (SSSR count). The van der Waals surface area contributed by atoms with Gasteiger partial charge in [-0.25, -0.2) is 0 Å². The fourth-order valence-electron chi connectivity index (χ4n) is 2.27. The molecule has 214 valence electrons. The highest BCUT2D eigenvalue weighted by molar-refractivity contribution is 5.66. The monoisotopic (exact) mass is 528 g/mol. The predicted octanol–water partition coefficient (Wildman–Crippen LogP) is 0.174. The highest BCUT2D eigenvalue weighted by Gasteiger charge is 1.97. The number of carbonyl (C=O) groups excluding carboxylic acids is 1. The molecule has 0 spiro atoms. The molecule has 0 amide bonds. The average molecular weight is 529 g/mol. The number of rotatable bonds is 30. The van der Waals surface area contributed by atoms with Gasteiger partial charge in [-0.3, -0.25) is 9.59 Å². The Balaban J connectivity index is 3.03. The Morgan fingerprint density at radius 3 is 0.861 bits per heavy atom. The lowest BCUT2D eigenvalue weighted by atomic mass is 10.5. The molecule has 0 atom stereocenters. The quantitative estimate of drug-likeness (QED) is 0.0999. The van der Waals surface area contributed by atoms with E-state index in [1.165, 1.54) is 6.92 Å². The molecule has 0 aliphatic heterocycles.